The van der Waals surface area contributed by atoms with E-state index in [1.165, 1.54) is 12.1 Å². The Balaban J connectivity index is 1.52. The summed E-state index contributed by atoms with van der Waals surface area (Å²) in [4.78, 5) is 24.2. The highest BCUT2D eigenvalue weighted by Gasteiger charge is 2.54. The topological polar surface area (TPSA) is 76.0 Å². The van der Waals surface area contributed by atoms with Crippen molar-refractivity contribution in [2.75, 3.05) is 0 Å². The molecule has 6 rings (SSSR count). The molecule has 0 amide bonds. The fraction of sp³-hybridized carbons (Fsp3) is 0.400. The van der Waals surface area contributed by atoms with Crippen molar-refractivity contribution < 1.29 is 14.6 Å². The number of allylic oxidation sites excluding steroid dienone is 2. The number of ketones is 1. The second-order valence-electron chi connectivity index (χ2n) is 8.83. The molecule has 0 aromatic heterocycles. The van der Waals surface area contributed by atoms with Gasteiger partial charge in [-0.25, -0.2) is 0 Å². The minimum absolute atomic E-state index is 0.0218. The third kappa shape index (κ3) is 3.26. The lowest BCUT2D eigenvalue weighted by atomic mass is 9.59. The van der Waals surface area contributed by atoms with Crippen molar-refractivity contribution in [3.05, 3.63) is 63.2 Å². The minimum atomic E-state index is -0.0704. The van der Waals surface area contributed by atoms with Gasteiger partial charge >= 0.3 is 0 Å². The van der Waals surface area contributed by atoms with Gasteiger partial charge in [-0.1, -0.05) is 24.6 Å². The molecule has 0 aliphatic heterocycles. The summed E-state index contributed by atoms with van der Waals surface area (Å²) >= 11 is 6.06. The van der Waals surface area contributed by atoms with Crippen LogP contribution in [0.25, 0.3) is 5.57 Å². The van der Waals surface area contributed by atoms with Crippen LogP contribution in [0.15, 0.2) is 47.3 Å². The fourth-order valence-electron chi connectivity index (χ4n) is 5.87. The van der Waals surface area contributed by atoms with Gasteiger partial charge in [-0.15, -0.1) is 4.91 Å². The van der Waals surface area contributed by atoms with E-state index in [0.717, 1.165) is 43.2 Å². The zero-order chi connectivity index (χ0) is 21.7. The van der Waals surface area contributed by atoms with Gasteiger partial charge in [0.1, 0.15) is 22.9 Å². The maximum Gasteiger partial charge on any atom is 0.170 e. The van der Waals surface area contributed by atoms with Crippen LogP contribution in [0, 0.1) is 28.6 Å². The lowest BCUT2D eigenvalue weighted by molar-refractivity contribution is -0.123. The molecule has 2 aromatic carbocycles. The number of fused-ring (bicyclic) bond motifs is 2. The van der Waals surface area contributed by atoms with Gasteiger partial charge in [0.2, 0.25) is 0 Å². The molecule has 3 fully saturated rings. The maximum atomic E-state index is 13.5. The number of benzene rings is 2. The van der Waals surface area contributed by atoms with Crippen LogP contribution in [0.4, 0.5) is 5.69 Å². The number of aliphatic hydroxyl groups is 1. The van der Waals surface area contributed by atoms with E-state index in [1.807, 2.05) is 25.1 Å². The van der Waals surface area contributed by atoms with E-state index in [9.17, 15) is 14.8 Å². The number of hydrogen-bond donors (Lipinski definition) is 1. The highest BCUT2D eigenvalue weighted by Crippen LogP contribution is 2.57. The third-order valence-electron chi connectivity index (χ3n) is 7.32. The third-order valence-corrected chi connectivity index (χ3v) is 7.63. The summed E-state index contributed by atoms with van der Waals surface area (Å²) in [6, 6.07) is 10.3. The number of nitroso groups, excluding NO2 is 1. The predicted octanol–water partition coefficient (Wildman–Crippen LogP) is 7.00. The molecule has 0 spiro atoms. The number of rotatable bonds is 5. The molecule has 0 radical (unpaired) electrons. The molecule has 4 aliphatic rings. The molecule has 1 N–H and O–H groups in total. The number of halogens is 1. The lowest BCUT2D eigenvalue weighted by Gasteiger charge is -2.44. The zero-order valence-electron chi connectivity index (χ0n) is 17.3. The van der Waals surface area contributed by atoms with Gasteiger partial charge in [-0.2, -0.15) is 0 Å². The Morgan fingerprint density at radius 3 is 2.29 bits per heavy atom. The van der Waals surface area contributed by atoms with E-state index in [1.54, 1.807) is 6.07 Å². The van der Waals surface area contributed by atoms with Crippen LogP contribution < -0.4 is 4.74 Å². The van der Waals surface area contributed by atoms with Crippen LogP contribution >= 0.6 is 11.6 Å². The van der Waals surface area contributed by atoms with Crippen LogP contribution in [-0.4, -0.2) is 10.9 Å². The molecule has 2 bridgehead atoms. The van der Waals surface area contributed by atoms with Crippen molar-refractivity contribution in [1.82, 2.24) is 0 Å². The van der Waals surface area contributed by atoms with Gasteiger partial charge < -0.3 is 9.84 Å². The SMILES string of the molecule is CCc1ccc(Oc2ccc(N=O)c(Cl)c2)cc1C1=C(O)C2C3CCC(CC3)C2C1=O. The van der Waals surface area contributed by atoms with Crippen molar-refractivity contribution >= 4 is 28.6 Å². The van der Waals surface area contributed by atoms with Crippen molar-refractivity contribution in [1.29, 1.82) is 0 Å². The zero-order valence-corrected chi connectivity index (χ0v) is 18.1. The summed E-state index contributed by atoms with van der Waals surface area (Å²) in [5.41, 5.74) is 2.40. The second kappa shape index (κ2) is 7.79. The van der Waals surface area contributed by atoms with Crippen molar-refractivity contribution in [2.24, 2.45) is 28.8 Å². The van der Waals surface area contributed by atoms with Crippen molar-refractivity contribution in [3.63, 3.8) is 0 Å². The first kappa shape index (κ1) is 20.3. The molecule has 4 aliphatic carbocycles. The number of aryl methyl sites for hydroxylation is 1. The Bertz CT molecular complexity index is 1100. The van der Waals surface area contributed by atoms with Gasteiger partial charge in [0.15, 0.2) is 5.78 Å². The van der Waals surface area contributed by atoms with Crippen LogP contribution in [0.1, 0.15) is 43.7 Å². The van der Waals surface area contributed by atoms with E-state index >= 15 is 0 Å². The molecule has 5 nitrogen and oxygen atoms in total. The lowest BCUT2D eigenvalue weighted by Crippen LogP contribution is -2.41. The number of carbonyl (C=O) groups is 1. The summed E-state index contributed by atoms with van der Waals surface area (Å²) in [6.45, 7) is 2.04. The Hall–Kier alpha value is -2.66. The Morgan fingerprint density at radius 1 is 1.03 bits per heavy atom. The minimum Gasteiger partial charge on any atom is -0.511 e. The van der Waals surface area contributed by atoms with Crippen LogP contribution in [-0.2, 0) is 11.2 Å². The molecule has 160 valence electrons. The van der Waals surface area contributed by atoms with Crippen molar-refractivity contribution in [2.45, 2.75) is 39.0 Å². The number of aliphatic hydroxyl groups excluding tert-OH is 1. The summed E-state index contributed by atoms with van der Waals surface area (Å²) in [6.07, 6.45) is 5.13. The summed E-state index contributed by atoms with van der Waals surface area (Å²) in [5, 5.41) is 14.3. The van der Waals surface area contributed by atoms with Gasteiger partial charge in [-0.05, 0) is 84.5 Å². The first-order valence-electron chi connectivity index (χ1n) is 10.9. The molecule has 2 aromatic rings. The smallest absolute Gasteiger partial charge is 0.170 e. The maximum absolute atomic E-state index is 13.5. The number of hydrogen-bond acceptors (Lipinski definition) is 5. The molecule has 3 saturated carbocycles. The van der Waals surface area contributed by atoms with Gasteiger partial charge in [0.25, 0.3) is 0 Å². The van der Waals surface area contributed by atoms with E-state index < -0.39 is 0 Å². The van der Waals surface area contributed by atoms with Gasteiger partial charge in [-0.3, -0.25) is 4.79 Å². The fourth-order valence-corrected chi connectivity index (χ4v) is 6.08. The second-order valence-corrected chi connectivity index (χ2v) is 9.24. The molecule has 2 unspecified atom stereocenters. The molecular weight excluding hydrogens is 414 g/mol. The van der Waals surface area contributed by atoms with E-state index in [2.05, 4.69) is 5.18 Å². The Kier molecular flexibility index (Phi) is 5.09. The van der Waals surface area contributed by atoms with Crippen LogP contribution in [0.2, 0.25) is 5.02 Å². The first-order valence-corrected chi connectivity index (χ1v) is 11.3. The number of carbonyl (C=O) groups excluding carboxylic acids is 1. The molecule has 31 heavy (non-hydrogen) atoms. The normalized spacial score (nSPS) is 26.8. The molecule has 2 atom stereocenters. The van der Waals surface area contributed by atoms with E-state index in [-0.39, 0.29) is 34.1 Å². The van der Waals surface area contributed by atoms with Crippen LogP contribution in [0.5, 0.6) is 11.5 Å². The van der Waals surface area contributed by atoms with Gasteiger partial charge in [0, 0.05) is 17.9 Å². The highest BCUT2D eigenvalue weighted by atomic mass is 35.5. The van der Waals surface area contributed by atoms with Crippen LogP contribution in [0.3, 0.4) is 0 Å². The van der Waals surface area contributed by atoms with E-state index in [4.69, 9.17) is 16.3 Å². The quantitative estimate of drug-likeness (QED) is 0.511. The Morgan fingerprint density at radius 2 is 1.68 bits per heavy atom. The molecular formula is C25H24ClNO4. The van der Waals surface area contributed by atoms with E-state index in [0.29, 0.717) is 28.9 Å². The highest BCUT2D eigenvalue weighted by molar-refractivity contribution is 6.33. The largest absolute Gasteiger partial charge is 0.511 e. The Labute approximate surface area is 186 Å². The standard InChI is InChI=1S/C25H24ClNO4/c1-2-13-7-8-16(31-17-9-10-20(27-30)19(26)12-17)11-18(13)23-24(28)21-14-3-4-15(6-5-14)22(21)25(23)29/h7-12,14-15,21-22,28H,2-6H2,1H3. The molecule has 6 heteroatoms. The van der Waals surface area contributed by atoms with Crippen molar-refractivity contribution in [3.8, 4) is 11.5 Å². The predicted molar refractivity (Wildman–Crippen MR) is 120 cm³/mol. The summed E-state index contributed by atoms with van der Waals surface area (Å²) in [7, 11) is 0. The first-order chi connectivity index (χ1) is 15.0. The summed E-state index contributed by atoms with van der Waals surface area (Å²) in [5.74, 6) is 2.09. The summed E-state index contributed by atoms with van der Waals surface area (Å²) < 4.78 is 5.96. The molecule has 0 saturated heterocycles. The number of nitrogens with zero attached hydrogens (tertiary/aromatic N) is 1. The number of Topliss-reactive ketones (excluding diaryl/α,β-unsaturated/α-hetero) is 1. The van der Waals surface area contributed by atoms with Gasteiger partial charge in [0.05, 0.1) is 10.6 Å². The molecule has 0 heterocycles. The average Bonchev–Trinajstić information content (AvgIpc) is 3.07. The monoisotopic (exact) mass is 437 g/mol. The number of ether oxygens (including phenoxy) is 1. The average molecular weight is 438 g/mol.